The minimum absolute atomic E-state index is 0.128. The van der Waals surface area contributed by atoms with Gasteiger partial charge in [-0.1, -0.05) is 24.3 Å². The van der Waals surface area contributed by atoms with Gasteiger partial charge in [0.2, 0.25) is 0 Å². The summed E-state index contributed by atoms with van der Waals surface area (Å²) in [5.74, 6) is 0.324. The third kappa shape index (κ3) is 2.93. The van der Waals surface area contributed by atoms with Gasteiger partial charge >= 0.3 is 0 Å². The van der Waals surface area contributed by atoms with Crippen molar-refractivity contribution in [2.45, 2.75) is 18.7 Å². The first-order chi connectivity index (χ1) is 9.44. The Morgan fingerprint density at radius 3 is 2.45 bits per heavy atom. The molecule has 5 heteroatoms. The Hall–Kier alpha value is -2.01. The van der Waals surface area contributed by atoms with Crippen LogP contribution in [-0.4, -0.2) is 15.5 Å². The molecule has 0 amide bonds. The maximum absolute atomic E-state index is 12.5. The molecular formula is C15H17NO3S. The predicted octanol–water partition coefficient (Wildman–Crippen LogP) is 3.11. The van der Waals surface area contributed by atoms with E-state index in [2.05, 4.69) is 4.72 Å². The molecule has 2 aromatic rings. The molecule has 0 heterocycles. The zero-order chi connectivity index (χ0) is 14.8. The van der Waals surface area contributed by atoms with E-state index >= 15 is 0 Å². The van der Waals surface area contributed by atoms with Gasteiger partial charge < -0.3 is 4.74 Å². The van der Waals surface area contributed by atoms with E-state index in [0.717, 1.165) is 11.1 Å². The minimum Gasteiger partial charge on any atom is -0.495 e. The summed E-state index contributed by atoms with van der Waals surface area (Å²) in [5.41, 5.74) is 2.44. The van der Waals surface area contributed by atoms with E-state index in [4.69, 9.17) is 4.74 Å². The molecule has 0 aliphatic heterocycles. The predicted molar refractivity (Wildman–Crippen MR) is 79.7 cm³/mol. The van der Waals surface area contributed by atoms with Gasteiger partial charge in [0.25, 0.3) is 10.0 Å². The molecule has 20 heavy (non-hydrogen) atoms. The molecule has 2 aromatic carbocycles. The van der Waals surface area contributed by atoms with Crippen LogP contribution < -0.4 is 9.46 Å². The Kier molecular flexibility index (Phi) is 3.99. The standard InChI is InChI=1S/C15H17NO3S/c1-11-8-9-12(2)13(10-11)16-20(17,18)15-7-5-4-6-14(15)19-3/h4-10,16H,1-3H3. The molecule has 0 atom stereocenters. The number of hydrogen-bond acceptors (Lipinski definition) is 3. The number of anilines is 1. The van der Waals surface area contributed by atoms with Gasteiger partial charge in [-0.3, -0.25) is 4.72 Å². The van der Waals surface area contributed by atoms with Gasteiger partial charge in [0.15, 0.2) is 0 Å². The second-order valence-corrected chi connectivity index (χ2v) is 6.23. The Balaban J connectivity index is 2.43. The Bertz CT molecular complexity index is 724. The van der Waals surface area contributed by atoms with E-state index < -0.39 is 10.0 Å². The Morgan fingerprint density at radius 1 is 1.05 bits per heavy atom. The first-order valence-electron chi connectivity index (χ1n) is 6.17. The number of sulfonamides is 1. The van der Waals surface area contributed by atoms with Crippen molar-refractivity contribution in [3.63, 3.8) is 0 Å². The molecule has 2 rings (SSSR count). The lowest BCUT2D eigenvalue weighted by Gasteiger charge is -2.13. The molecule has 0 aliphatic rings. The highest BCUT2D eigenvalue weighted by molar-refractivity contribution is 7.92. The van der Waals surface area contributed by atoms with E-state index in [0.29, 0.717) is 11.4 Å². The SMILES string of the molecule is COc1ccccc1S(=O)(=O)Nc1cc(C)ccc1C. The number of methoxy groups -OCH3 is 1. The number of ether oxygens (including phenoxy) is 1. The average molecular weight is 291 g/mol. The summed E-state index contributed by atoms with van der Waals surface area (Å²) in [6.45, 7) is 3.78. The van der Waals surface area contributed by atoms with Crippen LogP contribution in [0, 0.1) is 13.8 Å². The average Bonchev–Trinajstić information content (AvgIpc) is 2.42. The van der Waals surface area contributed by atoms with Crippen molar-refractivity contribution < 1.29 is 13.2 Å². The monoisotopic (exact) mass is 291 g/mol. The quantitative estimate of drug-likeness (QED) is 0.941. The molecule has 0 bridgehead atoms. The molecular weight excluding hydrogens is 274 g/mol. The first kappa shape index (κ1) is 14.4. The third-order valence-corrected chi connectivity index (χ3v) is 4.40. The molecule has 0 aliphatic carbocycles. The maximum atomic E-state index is 12.5. The molecule has 0 saturated heterocycles. The van der Waals surface area contributed by atoms with Crippen LogP contribution in [0.1, 0.15) is 11.1 Å². The number of nitrogens with one attached hydrogen (secondary N) is 1. The largest absolute Gasteiger partial charge is 0.495 e. The highest BCUT2D eigenvalue weighted by atomic mass is 32.2. The van der Waals surface area contributed by atoms with Crippen LogP contribution in [0.15, 0.2) is 47.4 Å². The third-order valence-electron chi connectivity index (χ3n) is 3.00. The van der Waals surface area contributed by atoms with E-state index in [-0.39, 0.29) is 4.90 Å². The lowest BCUT2D eigenvalue weighted by atomic mass is 10.1. The number of benzene rings is 2. The lowest BCUT2D eigenvalue weighted by Crippen LogP contribution is -2.14. The molecule has 0 aromatic heterocycles. The van der Waals surface area contributed by atoms with Crippen molar-refractivity contribution in [3.8, 4) is 5.75 Å². The van der Waals surface area contributed by atoms with Crippen LogP contribution in [0.5, 0.6) is 5.75 Å². The van der Waals surface area contributed by atoms with Gasteiger partial charge in [-0.05, 0) is 43.2 Å². The number of rotatable bonds is 4. The molecule has 0 spiro atoms. The Morgan fingerprint density at radius 2 is 1.75 bits per heavy atom. The van der Waals surface area contributed by atoms with Gasteiger partial charge in [0.05, 0.1) is 12.8 Å². The summed E-state index contributed by atoms with van der Waals surface area (Å²) in [4.78, 5) is 0.128. The maximum Gasteiger partial charge on any atom is 0.265 e. The van der Waals surface area contributed by atoms with Crippen LogP contribution in [-0.2, 0) is 10.0 Å². The fourth-order valence-corrected chi connectivity index (χ4v) is 3.18. The molecule has 1 N–H and O–H groups in total. The van der Waals surface area contributed by atoms with E-state index in [1.807, 2.05) is 32.0 Å². The van der Waals surface area contributed by atoms with Gasteiger partial charge in [0, 0.05) is 0 Å². The van der Waals surface area contributed by atoms with Crippen LogP contribution in [0.25, 0.3) is 0 Å². The summed E-state index contributed by atoms with van der Waals surface area (Å²) in [6.07, 6.45) is 0. The molecule has 106 valence electrons. The van der Waals surface area contributed by atoms with Gasteiger partial charge in [-0.2, -0.15) is 0 Å². The van der Waals surface area contributed by atoms with E-state index in [9.17, 15) is 8.42 Å². The van der Waals surface area contributed by atoms with Crippen molar-refractivity contribution in [3.05, 3.63) is 53.6 Å². The highest BCUT2D eigenvalue weighted by Gasteiger charge is 2.19. The fourth-order valence-electron chi connectivity index (χ4n) is 1.89. The van der Waals surface area contributed by atoms with Crippen LogP contribution in [0.3, 0.4) is 0 Å². The minimum atomic E-state index is -3.67. The van der Waals surface area contributed by atoms with Crippen LogP contribution in [0.2, 0.25) is 0 Å². The molecule has 0 radical (unpaired) electrons. The van der Waals surface area contributed by atoms with Crippen molar-refractivity contribution >= 4 is 15.7 Å². The van der Waals surface area contributed by atoms with E-state index in [1.54, 1.807) is 18.2 Å². The van der Waals surface area contributed by atoms with Crippen molar-refractivity contribution in [2.24, 2.45) is 0 Å². The smallest absolute Gasteiger partial charge is 0.265 e. The number of aryl methyl sites for hydroxylation is 2. The van der Waals surface area contributed by atoms with E-state index in [1.165, 1.54) is 13.2 Å². The number of hydrogen-bond donors (Lipinski definition) is 1. The van der Waals surface area contributed by atoms with Crippen LogP contribution >= 0.6 is 0 Å². The van der Waals surface area contributed by atoms with Crippen molar-refractivity contribution in [1.29, 1.82) is 0 Å². The zero-order valence-corrected chi connectivity index (χ0v) is 12.5. The van der Waals surface area contributed by atoms with Crippen LogP contribution in [0.4, 0.5) is 5.69 Å². The van der Waals surface area contributed by atoms with Crippen molar-refractivity contribution in [1.82, 2.24) is 0 Å². The number of para-hydroxylation sites is 1. The van der Waals surface area contributed by atoms with Gasteiger partial charge in [0.1, 0.15) is 10.6 Å². The lowest BCUT2D eigenvalue weighted by molar-refractivity contribution is 0.403. The fraction of sp³-hybridized carbons (Fsp3) is 0.200. The molecule has 0 saturated carbocycles. The molecule has 0 fully saturated rings. The normalized spacial score (nSPS) is 11.2. The summed E-state index contributed by atoms with van der Waals surface area (Å²) in [7, 11) is -2.22. The van der Waals surface area contributed by atoms with Gasteiger partial charge in [-0.15, -0.1) is 0 Å². The molecule has 4 nitrogen and oxygen atoms in total. The summed E-state index contributed by atoms with van der Waals surface area (Å²) >= 11 is 0. The molecule has 0 unspecified atom stereocenters. The van der Waals surface area contributed by atoms with Gasteiger partial charge in [-0.25, -0.2) is 8.42 Å². The summed E-state index contributed by atoms with van der Waals surface area (Å²) < 4.78 is 32.6. The summed E-state index contributed by atoms with van der Waals surface area (Å²) in [6, 6.07) is 12.2. The second-order valence-electron chi connectivity index (χ2n) is 4.57. The van der Waals surface area contributed by atoms with Crippen molar-refractivity contribution in [2.75, 3.05) is 11.8 Å². The second kappa shape index (κ2) is 5.54. The highest BCUT2D eigenvalue weighted by Crippen LogP contribution is 2.26. The summed E-state index contributed by atoms with van der Waals surface area (Å²) in [5, 5.41) is 0. The zero-order valence-electron chi connectivity index (χ0n) is 11.7. The first-order valence-corrected chi connectivity index (χ1v) is 7.65. The topological polar surface area (TPSA) is 55.4 Å². The Labute approximate surface area is 119 Å².